The summed E-state index contributed by atoms with van der Waals surface area (Å²) in [6, 6.07) is 6.29. The Morgan fingerprint density at radius 3 is 2.95 bits per heavy atom. The van der Waals surface area contributed by atoms with E-state index in [0.29, 0.717) is 0 Å². The number of aliphatic carboxylic acids is 1. The second-order valence-corrected chi connectivity index (χ2v) is 5.21. The van der Waals surface area contributed by atoms with Crippen LogP contribution < -0.4 is 0 Å². The molecule has 1 N–H and O–H groups in total. The van der Waals surface area contributed by atoms with E-state index in [2.05, 4.69) is 30.1 Å². The number of imidazole rings is 1. The molecule has 1 aromatic heterocycles. The summed E-state index contributed by atoms with van der Waals surface area (Å²) in [5, 5.41) is 8.97. The van der Waals surface area contributed by atoms with E-state index in [9.17, 15) is 4.79 Å². The molecule has 0 radical (unpaired) electrons. The first kappa shape index (κ1) is 12.0. The van der Waals surface area contributed by atoms with Crippen molar-refractivity contribution in [2.45, 2.75) is 25.8 Å². The molecule has 0 saturated heterocycles. The molecule has 19 heavy (non-hydrogen) atoms. The van der Waals surface area contributed by atoms with Gasteiger partial charge in [0.15, 0.2) is 0 Å². The summed E-state index contributed by atoms with van der Waals surface area (Å²) in [6.45, 7) is 2.88. The van der Waals surface area contributed by atoms with Crippen LogP contribution in [0.25, 0.3) is 0 Å². The first-order valence-electron chi connectivity index (χ1n) is 6.43. The van der Waals surface area contributed by atoms with Gasteiger partial charge in [-0.2, -0.15) is 0 Å². The summed E-state index contributed by atoms with van der Waals surface area (Å²) >= 11 is 0. The molecule has 0 bridgehead atoms. The quantitative estimate of drug-likeness (QED) is 0.914. The van der Waals surface area contributed by atoms with Crippen molar-refractivity contribution in [1.82, 2.24) is 9.55 Å². The van der Waals surface area contributed by atoms with Crippen molar-refractivity contribution in [3.05, 3.63) is 53.6 Å². The number of rotatable bonds is 4. The molecule has 2 aromatic rings. The number of benzene rings is 1. The fourth-order valence-electron chi connectivity index (χ4n) is 2.54. The molecule has 1 fully saturated rings. The van der Waals surface area contributed by atoms with Gasteiger partial charge in [-0.05, 0) is 36.0 Å². The van der Waals surface area contributed by atoms with Crippen molar-refractivity contribution >= 4 is 5.97 Å². The first-order valence-corrected chi connectivity index (χ1v) is 6.43. The smallest absolute Gasteiger partial charge is 0.307 e. The number of carboxylic acids is 1. The van der Waals surface area contributed by atoms with Crippen LogP contribution in [0.3, 0.4) is 0 Å². The zero-order chi connectivity index (χ0) is 13.4. The Hall–Kier alpha value is -2.10. The van der Waals surface area contributed by atoms with Crippen LogP contribution in [0.4, 0.5) is 0 Å². The SMILES string of the molecule is Cc1cc([C@@H]2C[C@H]2C(=O)O)ccc1Cn1ccnc1. The van der Waals surface area contributed by atoms with Crippen LogP contribution in [0, 0.1) is 12.8 Å². The van der Waals surface area contributed by atoms with E-state index in [1.54, 1.807) is 12.5 Å². The number of hydrogen-bond donors (Lipinski definition) is 1. The summed E-state index contributed by atoms with van der Waals surface area (Å²) in [5.74, 6) is -0.650. The van der Waals surface area contributed by atoms with Crippen LogP contribution in [-0.4, -0.2) is 20.6 Å². The van der Waals surface area contributed by atoms with Gasteiger partial charge in [0.05, 0.1) is 12.2 Å². The molecule has 2 atom stereocenters. The van der Waals surface area contributed by atoms with Gasteiger partial charge in [-0.1, -0.05) is 18.2 Å². The predicted molar refractivity (Wildman–Crippen MR) is 71.0 cm³/mol. The standard InChI is InChI=1S/C15H16N2O2/c1-10-6-11(13-7-14(13)15(18)19)2-3-12(10)8-17-5-4-16-9-17/h2-6,9,13-14H,7-8H2,1H3,(H,18,19)/t13-,14+/m0/s1. The van der Waals surface area contributed by atoms with Crippen LogP contribution in [-0.2, 0) is 11.3 Å². The summed E-state index contributed by atoms with van der Waals surface area (Å²) in [7, 11) is 0. The molecule has 0 aliphatic heterocycles. The number of aromatic nitrogens is 2. The normalized spacial score (nSPS) is 21.3. The van der Waals surface area contributed by atoms with Crippen LogP contribution in [0.1, 0.15) is 29.0 Å². The summed E-state index contributed by atoms with van der Waals surface area (Å²) in [5.41, 5.74) is 3.61. The Labute approximate surface area is 111 Å². The van der Waals surface area contributed by atoms with Crippen molar-refractivity contribution < 1.29 is 9.90 Å². The zero-order valence-electron chi connectivity index (χ0n) is 10.8. The highest BCUT2D eigenvalue weighted by molar-refractivity contribution is 5.75. The second kappa shape index (κ2) is 4.53. The maximum absolute atomic E-state index is 10.9. The van der Waals surface area contributed by atoms with Crippen LogP contribution in [0.2, 0.25) is 0 Å². The average Bonchev–Trinajstić information content (AvgIpc) is 3.03. The number of aryl methyl sites for hydroxylation is 1. The number of hydrogen-bond acceptors (Lipinski definition) is 2. The third-order valence-corrected chi connectivity index (χ3v) is 3.81. The lowest BCUT2D eigenvalue weighted by Gasteiger charge is -2.09. The molecule has 0 amide bonds. The van der Waals surface area contributed by atoms with Crippen LogP contribution in [0.5, 0.6) is 0 Å². The average molecular weight is 256 g/mol. The molecule has 4 heteroatoms. The summed E-state index contributed by atoms with van der Waals surface area (Å²) in [4.78, 5) is 14.9. The molecule has 1 aromatic carbocycles. The van der Waals surface area contributed by atoms with E-state index in [1.165, 1.54) is 11.1 Å². The first-order chi connectivity index (χ1) is 9.15. The van der Waals surface area contributed by atoms with Gasteiger partial charge in [-0.3, -0.25) is 4.79 Å². The van der Waals surface area contributed by atoms with Crippen LogP contribution in [0.15, 0.2) is 36.9 Å². The van der Waals surface area contributed by atoms with E-state index in [-0.39, 0.29) is 11.8 Å². The third-order valence-electron chi connectivity index (χ3n) is 3.81. The van der Waals surface area contributed by atoms with Gasteiger partial charge in [-0.25, -0.2) is 4.98 Å². The minimum absolute atomic E-state index is 0.182. The highest BCUT2D eigenvalue weighted by atomic mass is 16.4. The van der Waals surface area contributed by atoms with Gasteiger partial charge in [0.25, 0.3) is 0 Å². The van der Waals surface area contributed by atoms with E-state index >= 15 is 0 Å². The largest absolute Gasteiger partial charge is 0.481 e. The van der Waals surface area contributed by atoms with Crippen LogP contribution >= 0.6 is 0 Å². The molecule has 1 aliphatic carbocycles. The molecular weight excluding hydrogens is 240 g/mol. The fourth-order valence-corrected chi connectivity index (χ4v) is 2.54. The van der Waals surface area contributed by atoms with E-state index < -0.39 is 5.97 Å². The lowest BCUT2D eigenvalue weighted by molar-refractivity contribution is -0.138. The van der Waals surface area contributed by atoms with E-state index in [0.717, 1.165) is 18.5 Å². The Balaban J connectivity index is 1.77. The lowest BCUT2D eigenvalue weighted by Crippen LogP contribution is -2.01. The monoisotopic (exact) mass is 256 g/mol. The van der Waals surface area contributed by atoms with Gasteiger partial charge < -0.3 is 9.67 Å². The fraction of sp³-hybridized carbons (Fsp3) is 0.333. The van der Waals surface area contributed by atoms with E-state index in [4.69, 9.17) is 5.11 Å². The molecule has 0 unspecified atom stereocenters. The number of carboxylic acid groups (broad SMARTS) is 1. The summed E-state index contributed by atoms with van der Waals surface area (Å²) in [6.07, 6.45) is 6.28. The van der Waals surface area contributed by atoms with Gasteiger partial charge in [0, 0.05) is 18.9 Å². The molecule has 1 aliphatic rings. The molecular formula is C15H16N2O2. The highest BCUT2D eigenvalue weighted by Gasteiger charge is 2.44. The van der Waals surface area contributed by atoms with Gasteiger partial charge in [-0.15, -0.1) is 0 Å². The van der Waals surface area contributed by atoms with Gasteiger partial charge in [0.2, 0.25) is 0 Å². The summed E-state index contributed by atoms with van der Waals surface area (Å²) < 4.78 is 2.03. The minimum Gasteiger partial charge on any atom is -0.481 e. The van der Waals surface area contributed by atoms with Crippen molar-refractivity contribution in [2.75, 3.05) is 0 Å². The molecule has 1 heterocycles. The third kappa shape index (κ3) is 2.38. The van der Waals surface area contributed by atoms with Crippen molar-refractivity contribution in [2.24, 2.45) is 5.92 Å². The predicted octanol–water partition coefficient (Wildman–Crippen LogP) is 2.43. The molecule has 98 valence electrons. The number of nitrogens with zero attached hydrogens (tertiary/aromatic N) is 2. The second-order valence-electron chi connectivity index (χ2n) is 5.21. The van der Waals surface area contributed by atoms with E-state index in [1.807, 2.05) is 10.8 Å². The molecule has 3 rings (SSSR count). The number of carbonyl (C=O) groups is 1. The lowest BCUT2D eigenvalue weighted by atomic mass is 10.0. The Morgan fingerprint density at radius 1 is 1.53 bits per heavy atom. The van der Waals surface area contributed by atoms with Crippen molar-refractivity contribution in [3.8, 4) is 0 Å². The Bertz CT molecular complexity index is 605. The maximum Gasteiger partial charge on any atom is 0.307 e. The Kier molecular flexibility index (Phi) is 2.85. The molecule has 1 saturated carbocycles. The Morgan fingerprint density at radius 2 is 2.37 bits per heavy atom. The van der Waals surface area contributed by atoms with Crippen molar-refractivity contribution in [1.29, 1.82) is 0 Å². The molecule has 4 nitrogen and oxygen atoms in total. The van der Waals surface area contributed by atoms with Crippen molar-refractivity contribution in [3.63, 3.8) is 0 Å². The maximum atomic E-state index is 10.9. The highest BCUT2D eigenvalue weighted by Crippen LogP contribution is 2.47. The van der Waals surface area contributed by atoms with Gasteiger partial charge >= 0.3 is 5.97 Å². The zero-order valence-corrected chi connectivity index (χ0v) is 10.8. The minimum atomic E-state index is -0.676. The molecule has 0 spiro atoms. The van der Waals surface area contributed by atoms with Gasteiger partial charge in [0.1, 0.15) is 0 Å². The topological polar surface area (TPSA) is 55.1 Å².